The van der Waals surface area contributed by atoms with Gasteiger partial charge in [0.1, 0.15) is 13.2 Å². The minimum Gasteiger partial charge on any atom is -0.756 e. The van der Waals surface area contributed by atoms with E-state index in [1.165, 1.54) is 244 Å². The average molecular weight is 958 g/mol. The molecule has 9 heteroatoms. The molecular weight excluding hydrogens is 840 g/mol. The number of unbranched alkanes of at least 4 members (excludes halogenated alkanes) is 42. The number of carbonyl (C=O) groups is 1. The van der Waals surface area contributed by atoms with E-state index in [0.717, 1.165) is 38.5 Å². The van der Waals surface area contributed by atoms with Crippen molar-refractivity contribution in [2.45, 2.75) is 321 Å². The number of likely N-dealkylation sites (N-methyl/N-ethyl adjacent to an activating group) is 1. The number of hydrogen-bond donors (Lipinski definition) is 2. The van der Waals surface area contributed by atoms with Gasteiger partial charge in [0.25, 0.3) is 7.82 Å². The average Bonchev–Trinajstić information content (AvgIpc) is 3.28. The van der Waals surface area contributed by atoms with Crippen LogP contribution in [0.4, 0.5) is 0 Å². The van der Waals surface area contributed by atoms with E-state index in [1.54, 1.807) is 0 Å². The van der Waals surface area contributed by atoms with Crippen molar-refractivity contribution in [3.05, 3.63) is 0 Å². The molecule has 0 aliphatic heterocycles. The molecule has 0 fully saturated rings. The molecular formula is C57H117N2O6P. The van der Waals surface area contributed by atoms with Gasteiger partial charge in [-0.3, -0.25) is 9.36 Å². The second-order valence-corrected chi connectivity index (χ2v) is 23.1. The number of aliphatic hydroxyl groups is 1. The summed E-state index contributed by atoms with van der Waals surface area (Å²) in [7, 11) is 1.33. The maximum absolute atomic E-state index is 13.0. The fourth-order valence-electron chi connectivity index (χ4n) is 9.22. The molecule has 0 radical (unpaired) electrons. The third kappa shape index (κ3) is 51.4. The predicted molar refractivity (Wildman–Crippen MR) is 284 cm³/mol. The van der Waals surface area contributed by atoms with Crippen molar-refractivity contribution in [3.63, 3.8) is 0 Å². The Morgan fingerprint density at radius 3 is 1.03 bits per heavy atom. The highest BCUT2D eigenvalue weighted by Gasteiger charge is 2.24. The van der Waals surface area contributed by atoms with E-state index >= 15 is 0 Å². The summed E-state index contributed by atoms with van der Waals surface area (Å²) in [5.41, 5.74) is 0. The van der Waals surface area contributed by atoms with Crippen LogP contribution in [0.3, 0.4) is 0 Å². The summed E-state index contributed by atoms with van der Waals surface area (Å²) in [6, 6.07) is -0.795. The Hall–Kier alpha value is -0.500. The monoisotopic (exact) mass is 957 g/mol. The van der Waals surface area contributed by atoms with Crippen molar-refractivity contribution in [2.75, 3.05) is 40.9 Å². The van der Waals surface area contributed by atoms with Crippen LogP contribution in [0.25, 0.3) is 0 Å². The van der Waals surface area contributed by atoms with Crippen LogP contribution < -0.4 is 10.2 Å². The Labute approximate surface area is 412 Å². The molecule has 1 amide bonds. The van der Waals surface area contributed by atoms with Crippen LogP contribution in [0.1, 0.15) is 309 Å². The standard InChI is InChI=1S/C57H117N2O6P/c1-6-8-10-12-14-16-18-20-22-24-26-27-28-29-30-31-33-35-37-39-41-43-45-47-49-51-57(61)58-55(54-65-66(62,63)64-53-52-59(3,4)5)56(60)50-48-46-44-42-40-38-36-34-32-25-23-21-19-17-15-13-11-9-7-2/h55-56,60H,6-54H2,1-5H3,(H-,58,61,62,63). The number of nitrogens with zero attached hydrogens (tertiary/aromatic N) is 1. The molecule has 0 heterocycles. The summed E-state index contributed by atoms with van der Waals surface area (Å²) in [4.78, 5) is 25.5. The van der Waals surface area contributed by atoms with Crippen LogP contribution >= 0.6 is 7.82 Å². The Balaban J connectivity index is 4.10. The second-order valence-electron chi connectivity index (χ2n) is 21.7. The van der Waals surface area contributed by atoms with Gasteiger partial charge in [-0.05, 0) is 12.8 Å². The largest absolute Gasteiger partial charge is 0.756 e. The molecule has 0 rings (SSSR count). The zero-order valence-electron chi connectivity index (χ0n) is 45.2. The van der Waals surface area contributed by atoms with E-state index < -0.39 is 20.0 Å². The topological polar surface area (TPSA) is 108 Å². The lowest BCUT2D eigenvalue weighted by molar-refractivity contribution is -0.870. The minimum absolute atomic E-state index is 0.0167. The third-order valence-electron chi connectivity index (χ3n) is 13.8. The Bertz CT molecular complexity index is 1040. The normalized spacial score (nSPS) is 13.9. The van der Waals surface area contributed by atoms with E-state index in [2.05, 4.69) is 19.2 Å². The lowest BCUT2D eigenvalue weighted by Gasteiger charge is -2.30. The van der Waals surface area contributed by atoms with Crippen LogP contribution in [0.15, 0.2) is 0 Å². The lowest BCUT2D eigenvalue weighted by atomic mass is 10.0. The molecule has 0 saturated carbocycles. The zero-order valence-corrected chi connectivity index (χ0v) is 46.1. The van der Waals surface area contributed by atoms with Gasteiger partial charge in [0.2, 0.25) is 5.91 Å². The number of amides is 1. The summed E-state index contributed by atoms with van der Waals surface area (Å²) in [5.74, 6) is -0.156. The Morgan fingerprint density at radius 2 is 0.742 bits per heavy atom. The van der Waals surface area contributed by atoms with Crippen molar-refractivity contribution >= 4 is 13.7 Å². The smallest absolute Gasteiger partial charge is 0.268 e. The molecule has 0 aliphatic rings. The molecule has 0 aromatic carbocycles. The van der Waals surface area contributed by atoms with Gasteiger partial charge in [-0.25, -0.2) is 0 Å². The minimum atomic E-state index is -4.57. The van der Waals surface area contributed by atoms with Gasteiger partial charge in [0.15, 0.2) is 0 Å². The number of phosphoric ester groups is 1. The van der Waals surface area contributed by atoms with E-state index in [1.807, 2.05) is 21.1 Å². The van der Waals surface area contributed by atoms with Gasteiger partial charge in [-0.1, -0.05) is 290 Å². The van der Waals surface area contributed by atoms with Crippen LogP contribution in [0.2, 0.25) is 0 Å². The molecule has 396 valence electrons. The van der Waals surface area contributed by atoms with Crippen molar-refractivity contribution in [1.29, 1.82) is 0 Å². The number of rotatable bonds is 55. The van der Waals surface area contributed by atoms with Gasteiger partial charge >= 0.3 is 0 Å². The van der Waals surface area contributed by atoms with Gasteiger partial charge in [0, 0.05) is 6.42 Å². The van der Waals surface area contributed by atoms with Crippen molar-refractivity contribution in [3.8, 4) is 0 Å². The van der Waals surface area contributed by atoms with Gasteiger partial charge in [-0.15, -0.1) is 0 Å². The number of carbonyl (C=O) groups excluding carboxylic acids is 1. The first-order valence-electron chi connectivity index (χ1n) is 29.4. The van der Waals surface area contributed by atoms with Gasteiger partial charge in [-0.2, -0.15) is 0 Å². The quantitative estimate of drug-likeness (QED) is 0.0357. The maximum Gasteiger partial charge on any atom is 0.268 e. The summed E-state index contributed by atoms with van der Waals surface area (Å²) < 4.78 is 23.4. The SMILES string of the molecule is CCCCCCCCCCCCCCCCCCCCCCCCCCCC(=O)NC(COP(=O)([O-])OCC[N+](C)(C)C)C(O)CCCCCCCCCCCCCCCCCCCCC. The molecule has 0 aromatic heterocycles. The van der Waals surface area contributed by atoms with Crippen molar-refractivity contribution < 1.29 is 32.9 Å². The maximum atomic E-state index is 13.0. The first kappa shape index (κ1) is 65.5. The number of phosphoric acid groups is 1. The molecule has 0 spiro atoms. The highest BCUT2D eigenvalue weighted by Crippen LogP contribution is 2.38. The number of nitrogens with one attached hydrogen (secondary N) is 1. The lowest BCUT2D eigenvalue weighted by Crippen LogP contribution is -2.46. The zero-order chi connectivity index (χ0) is 48.5. The fourth-order valence-corrected chi connectivity index (χ4v) is 9.94. The Morgan fingerprint density at radius 1 is 0.470 bits per heavy atom. The molecule has 66 heavy (non-hydrogen) atoms. The number of hydrogen-bond acceptors (Lipinski definition) is 6. The van der Waals surface area contributed by atoms with E-state index in [-0.39, 0.29) is 19.1 Å². The summed E-state index contributed by atoms with van der Waals surface area (Å²) in [6.07, 6.45) is 58.5. The second kappa shape index (κ2) is 49.5. The number of aliphatic hydroxyl groups excluding tert-OH is 1. The molecule has 3 unspecified atom stereocenters. The highest BCUT2D eigenvalue weighted by molar-refractivity contribution is 7.45. The Kier molecular flexibility index (Phi) is 49.1. The third-order valence-corrected chi connectivity index (χ3v) is 14.8. The molecule has 0 aliphatic carbocycles. The molecule has 2 N–H and O–H groups in total. The van der Waals surface area contributed by atoms with Crippen LogP contribution in [0, 0.1) is 0 Å². The highest BCUT2D eigenvalue weighted by atomic mass is 31.2. The van der Waals surface area contributed by atoms with E-state index in [4.69, 9.17) is 9.05 Å². The summed E-state index contributed by atoms with van der Waals surface area (Å²) >= 11 is 0. The molecule has 3 atom stereocenters. The first-order chi connectivity index (χ1) is 32.0. The van der Waals surface area contributed by atoms with Crippen molar-refractivity contribution in [1.82, 2.24) is 5.32 Å². The van der Waals surface area contributed by atoms with E-state index in [9.17, 15) is 19.4 Å². The molecule has 0 bridgehead atoms. The molecule has 8 nitrogen and oxygen atoms in total. The van der Waals surface area contributed by atoms with Gasteiger partial charge in [0.05, 0.1) is 39.9 Å². The van der Waals surface area contributed by atoms with Crippen LogP contribution in [-0.2, 0) is 18.4 Å². The fraction of sp³-hybridized carbons (Fsp3) is 0.982. The predicted octanol–water partition coefficient (Wildman–Crippen LogP) is 17.0. The van der Waals surface area contributed by atoms with Crippen LogP contribution in [-0.4, -0.2) is 68.5 Å². The molecule has 0 aromatic rings. The van der Waals surface area contributed by atoms with Crippen LogP contribution in [0.5, 0.6) is 0 Å². The van der Waals surface area contributed by atoms with E-state index in [0.29, 0.717) is 23.9 Å². The number of quaternary nitrogens is 1. The first-order valence-corrected chi connectivity index (χ1v) is 30.8. The molecule has 0 saturated heterocycles. The summed E-state index contributed by atoms with van der Waals surface area (Å²) in [5, 5.41) is 14.0. The van der Waals surface area contributed by atoms with Gasteiger partial charge < -0.3 is 28.8 Å². The van der Waals surface area contributed by atoms with Crippen molar-refractivity contribution in [2.24, 2.45) is 0 Å². The summed E-state index contributed by atoms with van der Waals surface area (Å²) in [6.45, 7) is 4.78.